The number of ether oxygens (including phenoxy) is 1. The number of benzene rings is 2. The number of hydrogen-bond acceptors (Lipinski definition) is 14. The van der Waals surface area contributed by atoms with Crippen LogP contribution in [-0.4, -0.2) is 89.6 Å². The normalized spacial score (nSPS) is 12.1. The molecule has 0 radical (unpaired) electrons. The number of nitrogens with zero attached hydrogens (tertiary/aromatic N) is 8. The lowest BCUT2D eigenvalue weighted by molar-refractivity contribution is 0.380. The molecule has 346 valence electrons. The molecular formula is C42H55F2N11O5S4. The Labute approximate surface area is 382 Å². The minimum absolute atomic E-state index is 0. The van der Waals surface area contributed by atoms with Gasteiger partial charge in [0.1, 0.15) is 0 Å². The number of anilines is 3. The highest BCUT2D eigenvalue weighted by atomic mass is 32.2. The maximum Gasteiger partial charge on any atom is 0.316 e. The van der Waals surface area contributed by atoms with Gasteiger partial charge < -0.3 is 10.5 Å². The Morgan fingerprint density at radius 2 is 1.08 bits per heavy atom. The van der Waals surface area contributed by atoms with Crippen LogP contribution >= 0.6 is 22.7 Å². The topological polar surface area (TPSA) is 211 Å². The van der Waals surface area contributed by atoms with E-state index in [1.54, 1.807) is 56.4 Å². The van der Waals surface area contributed by atoms with Gasteiger partial charge in [0, 0.05) is 61.5 Å². The van der Waals surface area contributed by atoms with Crippen molar-refractivity contribution in [2.75, 3.05) is 49.5 Å². The number of methoxy groups -OCH3 is 1. The third-order valence-electron chi connectivity index (χ3n) is 9.19. The molecule has 0 unspecified atom stereocenters. The van der Waals surface area contributed by atoms with E-state index in [1.807, 2.05) is 41.5 Å². The van der Waals surface area contributed by atoms with E-state index in [2.05, 4.69) is 29.4 Å². The molecule has 22 heteroatoms. The van der Waals surface area contributed by atoms with Crippen molar-refractivity contribution in [3.63, 3.8) is 0 Å². The van der Waals surface area contributed by atoms with Gasteiger partial charge in [-0.2, -0.15) is 30.4 Å². The van der Waals surface area contributed by atoms with Crippen molar-refractivity contribution in [2.45, 2.75) is 73.6 Å². The maximum absolute atomic E-state index is 15.6. The van der Waals surface area contributed by atoms with Crippen LogP contribution in [0.15, 0.2) is 60.9 Å². The van der Waals surface area contributed by atoms with Crippen LogP contribution in [-0.2, 0) is 31.2 Å². The maximum atomic E-state index is 15.6. The van der Waals surface area contributed by atoms with Crippen molar-refractivity contribution in [1.29, 1.82) is 0 Å². The van der Waals surface area contributed by atoms with E-state index in [0.29, 0.717) is 32.5 Å². The minimum Gasteiger partial charge on any atom is -0.467 e. The number of aromatic nitrogens is 6. The largest absolute Gasteiger partial charge is 0.467 e. The first-order valence-electron chi connectivity index (χ1n) is 19.5. The zero-order chi connectivity index (χ0) is 46.7. The highest BCUT2D eigenvalue weighted by Crippen LogP contribution is 2.43. The molecule has 0 amide bonds. The summed E-state index contributed by atoms with van der Waals surface area (Å²) in [6, 6.07) is 12.6. The number of hydrogen-bond donors (Lipinski definition) is 3. The van der Waals surface area contributed by atoms with Crippen LogP contribution in [0, 0.1) is 11.6 Å². The molecule has 0 saturated carbocycles. The molecule has 0 saturated heterocycles. The summed E-state index contributed by atoms with van der Waals surface area (Å²) >= 11 is 2.79. The quantitative estimate of drug-likeness (QED) is 0.0991. The molecule has 0 spiro atoms. The van der Waals surface area contributed by atoms with E-state index in [1.165, 1.54) is 62.2 Å². The summed E-state index contributed by atoms with van der Waals surface area (Å²) in [4.78, 5) is 27.3. The third-order valence-corrected chi connectivity index (χ3v) is 15.3. The molecule has 0 aliphatic rings. The Morgan fingerprint density at radius 3 is 1.45 bits per heavy atom. The number of thiazole rings is 2. The summed E-state index contributed by atoms with van der Waals surface area (Å²) < 4.78 is 92.7. The number of nitrogen functional groups attached to an aromatic ring is 1. The molecule has 0 atom stereocenters. The SMILES string of the molecule is C.CCN(C)S(=O)(=O)Nc1cccc(-c2nc(C(C)(C)C)sc2-c2ccnc(N)n2)c1F.CCN(C)S(=O)(=O)Nc1cccc(-c2nc(C(C)(C)C)sc2-c2ccnc(OC)n2)c1F. The van der Waals surface area contributed by atoms with Gasteiger partial charge in [0.2, 0.25) is 5.95 Å². The monoisotopic (exact) mass is 959 g/mol. The van der Waals surface area contributed by atoms with Gasteiger partial charge >= 0.3 is 26.4 Å². The van der Waals surface area contributed by atoms with E-state index >= 15 is 8.78 Å². The van der Waals surface area contributed by atoms with Crippen LogP contribution in [0.3, 0.4) is 0 Å². The zero-order valence-corrected chi connectivity index (χ0v) is 40.0. The predicted octanol–water partition coefficient (Wildman–Crippen LogP) is 8.85. The minimum atomic E-state index is -3.89. The molecule has 0 bridgehead atoms. The van der Waals surface area contributed by atoms with E-state index in [0.717, 1.165) is 18.6 Å². The molecule has 0 aliphatic carbocycles. The molecule has 0 fully saturated rings. The number of rotatable bonds is 13. The van der Waals surface area contributed by atoms with Gasteiger partial charge in [0.25, 0.3) is 0 Å². The standard InChI is InChI=1S/C21H26FN5O3S2.C20H25FN6O2S2.CH4/c1-7-27(5)32(28,29)26-14-10-8-9-13(16(14)22)17-18(31-19(25-17)21(2,3)4)15-11-12-23-20(24-15)30-6;1-6-27(5)31(28,29)26-13-9-7-8-12(15(13)21)16-17(14-10-11-23-19(22)24-14)30-18(25-16)20(2,3)4;/h8-12,26H,7H2,1-6H3;7-11,26H,6H2,1-5H3,(H2,22,23,24);1H4. The lowest BCUT2D eigenvalue weighted by atomic mass is 9.98. The van der Waals surface area contributed by atoms with Crippen LogP contribution in [0.25, 0.3) is 43.7 Å². The predicted molar refractivity (Wildman–Crippen MR) is 254 cm³/mol. The Hall–Kier alpha value is -5.26. The van der Waals surface area contributed by atoms with Gasteiger partial charge in [-0.3, -0.25) is 9.44 Å². The van der Waals surface area contributed by atoms with Gasteiger partial charge in [-0.1, -0.05) is 74.9 Å². The molecule has 4 N–H and O–H groups in total. The van der Waals surface area contributed by atoms with E-state index in [4.69, 9.17) is 20.4 Å². The fraction of sp³-hybridized carbons (Fsp3) is 0.381. The Kier molecular flexibility index (Phi) is 16.3. The van der Waals surface area contributed by atoms with Crippen LogP contribution in [0.2, 0.25) is 0 Å². The molecule has 0 aliphatic heterocycles. The van der Waals surface area contributed by atoms with Crippen molar-refractivity contribution in [3.8, 4) is 49.7 Å². The lowest BCUT2D eigenvalue weighted by Crippen LogP contribution is -2.32. The summed E-state index contributed by atoms with van der Waals surface area (Å²) in [7, 11) is -3.47. The fourth-order valence-electron chi connectivity index (χ4n) is 5.42. The molecule has 6 rings (SSSR count). The summed E-state index contributed by atoms with van der Waals surface area (Å²) in [5, 5.41) is 1.57. The highest BCUT2D eigenvalue weighted by Gasteiger charge is 2.29. The summed E-state index contributed by atoms with van der Waals surface area (Å²) in [6.07, 6.45) is 3.09. The summed E-state index contributed by atoms with van der Waals surface area (Å²) in [5.74, 6) is -1.34. The number of halogens is 2. The fourth-order valence-corrected chi connectivity index (χ4v) is 9.50. The Bertz CT molecular complexity index is 2810. The summed E-state index contributed by atoms with van der Waals surface area (Å²) in [5.41, 5.74) is 7.02. The van der Waals surface area contributed by atoms with Crippen molar-refractivity contribution in [1.82, 2.24) is 38.5 Å². The van der Waals surface area contributed by atoms with Gasteiger partial charge in [0.15, 0.2) is 11.6 Å². The van der Waals surface area contributed by atoms with E-state index < -0.39 is 32.1 Å². The van der Waals surface area contributed by atoms with Crippen LogP contribution < -0.4 is 19.9 Å². The first-order valence-corrected chi connectivity index (χ1v) is 24.0. The Morgan fingerprint density at radius 1 is 0.672 bits per heavy atom. The first-order chi connectivity index (χ1) is 29.4. The molecule has 6 aromatic rings. The molecule has 64 heavy (non-hydrogen) atoms. The average Bonchev–Trinajstić information content (AvgIpc) is 3.89. The van der Waals surface area contributed by atoms with Crippen molar-refractivity contribution in [3.05, 3.63) is 82.6 Å². The molecule has 4 heterocycles. The van der Waals surface area contributed by atoms with Crippen LogP contribution in [0.5, 0.6) is 6.01 Å². The van der Waals surface area contributed by atoms with Crippen molar-refractivity contribution < 1.29 is 30.4 Å². The zero-order valence-electron chi connectivity index (χ0n) is 36.8. The van der Waals surface area contributed by atoms with Crippen LogP contribution in [0.4, 0.5) is 26.1 Å². The number of nitrogens with one attached hydrogen (secondary N) is 2. The molecule has 2 aromatic carbocycles. The van der Waals surface area contributed by atoms with E-state index in [-0.39, 0.29) is 65.8 Å². The second-order valence-corrected chi connectivity index (χ2v) is 21.6. The van der Waals surface area contributed by atoms with Gasteiger partial charge in [0.05, 0.1) is 61.0 Å². The lowest BCUT2D eigenvalue weighted by Gasteiger charge is -2.17. The van der Waals surface area contributed by atoms with Gasteiger partial charge in [-0.15, -0.1) is 22.7 Å². The first kappa shape index (κ1) is 51.4. The Balaban J connectivity index is 0.000000276. The second-order valence-electron chi connectivity index (χ2n) is 16.0. The third kappa shape index (κ3) is 11.7. The highest BCUT2D eigenvalue weighted by molar-refractivity contribution is 7.90. The second kappa shape index (κ2) is 20.3. The van der Waals surface area contributed by atoms with Crippen molar-refractivity contribution >= 4 is 60.4 Å². The summed E-state index contributed by atoms with van der Waals surface area (Å²) in [6.45, 7) is 15.9. The molecule has 16 nitrogen and oxygen atoms in total. The van der Waals surface area contributed by atoms with E-state index in [9.17, 15) is 16.8 Å². The smallest absolute Gasteiger partial charge is 0.316 e. The van der Waals surface area contributed by atoms with Gasteiger partial charge in [-0.25, -0.2) is 33.7 Å². The average molecular weight is 960 g/mol. The van der Waals surface area contributed by atoms with Gasteiger partial charge in [-0.05, 0) is 36.4 Å². The van der Waals surface area contributed by atoms with Crippen molar-refractivity contribution in [2.24, 2.45) is 0 Å². The van der Waals surface area contributed by atoms with Crippen LogP contribution in [0.1, 0.15) is 72.8 Å². The number of nitrogens with two attached hydrogens (primary N) is 1. The molecular weight excluding hydrogens is 905 g/mol. The molecule has 4 aromatic heterocycles.